The van der Waals surface area contributed by atoms with E-state index in [0.717, 1.165) is 18.1 Å². The predicted molar refractivity (Wildman–Crippen MR) is 109 cm³/mol. The second-order valence-electron chi connectivity index (χ2n) is 6.82. The van der Waals surface area contributed by atoms with Gasteiger partial charge in [0.15, 0.2) is 6.61 Å². The molecule has 0 radical (unpaired) electrons. The Hall–Kier alpha value is -3.46. The minimum absolute atomic E-state index is 0.00998. The number of fused-ring (bicyclic) bond motifs is 1. The van der Waals surface area contributed by atoms with Crippen LogP contribution in [-0.4, -0.2) is 55.1 Å². The van der Waals surface area contributed by atoms with Crippen LogP contribution in [0.5, 0.6) is 0 Å². The molecular weight excluding hydrogens is 390 g/mol. The number of hydrogen-bond donors (Lipinski definition) is 1. The van der Waals surface area contributed by atoms with Crippen LogP contribution in [0.1, 0.15) is 21.5 Å². The molecule has 0 bridgehead atoms. The van der Waals surface area contributed by atoms with E-state index in [-0.39, 0.29) is 22.8 Å². The van der Waals surface area contributed by atoms with Crippen molar-refractivity contribution in [1.29, 1.82) is 0 Å². The Kier molecular flexibility index (Phi) is 6.97. The molecule has 9 heteroatoms. The number of esters is 1. The van der Waals surface area contributed by atoms with Gasteiger partial charge in [0.05, 0.1) is 17.1 Å². The topological polar surface area (TPSA) is 111 Å². The highest BCUT2D eigenvalue weighted by molar-refractivity contribution is 5.93. The van der Waals surface area contributed by atoms with Gasteiger partial charge >= 0.3 is 5.97 Å². The highest BCUT2D eigenvalue weighted by atomic mass is 16.6. The summed E-state index contributed by atoms with van der Waals surface area (Å²) in [5.74, 6) is -1.09. The summed E-state index contributed by atoms with van der Waals surface area (Å²) in [7, 11) is 1.53. The second-order valence-corrected chi connectivity index (χ2v) is 6.82. The maximum Gasteiger partial charge on any atom is 0.338 e. The van der Waals surface area contributed by atoms with Crippen LogP contribution in [0.4, 0.5) is 11.4 Å². The summed E-state index contributed by atoms with van der Waals surface area (Å²) in [5, 5.41) is 14.2. The second kappa shape index (κ2) is 9.84. The van der Waals surface area contributed by atoms with Crippen LogP contribution in [-0.2, 0) is 27.2 Å². The Balaban J connectivity index is 1.60. The average Bonchev–Trinajstić information content (AvgIpc) is 2.77. The summed E-state index contributed by atoms with van der Waals surface area (Å²) in [5.41, 5.74) is 2.33. The molecule has 1 aliphatic heterocycles. The number of hydrogen-bond acceptors (Lipinski definition) is 7. The van der Waals surface area contributed by atoms with Crippen LogP contribution in [0.2, 0.25) is 0 Å². The fourth-order valence-corrected chi connectivity index (χ4v) is 3.26. The fourth-order valence-electron chi connectivity index (χ4n) is 3.26. The van der Waals surface area contributed by atoms with Crippen molar-refractivity contribution >= 4 is 23.3 Å². The van der Waals surface area contributed by atoms with Crippen molar-refractivity contribution in [3.05, 3.63) is 69.3 Å². The van der Waals surface area contributed by atoms with Gasteiger partial charge in [-0.25, -0.2) is 4.79 Å². The zero-order valence-corrected chi connectivity index (χ0v) is 16.6. The van der Waals surface area contributed by atoms with Gasteiger partial charge in [0.25, 0.3) is 11.6 Å². The Bertz CT molecular complexity index is 946. The number of anilines is 1. The number of amides is 1. The molecule has 0 aromatic heterocycles. The molecule has 3 rings (SSSR count). The molecule has 9 nitrogen and oxygen atoms in total. The lowest BCUT2D eigenvalue weighted by molar-refractivity contribution is -0.384. The zero-order chi connectivity index (χ0) is 21.5. The van der Waals surface area contributed by atoms with E-state index >= 15 is 0 Å². The molecule has 2 aromatic carbocycles. The number of rotatable bonds is 8. The highest BCUT2D eigenvalue weighted by Crippen LogP contribution is 2.26. The molecule has 0 fully saturated rings. The van der Waals surface area contributed by atoms with Crippen LogP contribution in [0.25, 0.3) is 0 Å². The molecule has 0 spiro atoms. The van der Waals surface area contributed by atoms with Gasteiger partial charge in [-0.3, -0.25) is 14.9 Å². The van der Waals surface area contributed by atoms with E-state index in [2.05, 4.69) is 5.32 Å². The molecule has 1 N–H and O–H groups in total. The first-order valence-electron chi connectivity index (χ1n) is 9.52. The SMILES string of the molecule is COCCNc1ccc(C(=O)OCC(=O)N2CCc3ccccc3C2)cc1[N+](=O)[O-]. The minimum atomic E-state index is -0.785. The molecule has 0 aliphatic carbocycles. The third-order valence-corrected chi connectivity index (χ3v) is 4.86. The Labute approximate surface area is 173 Å². The van der Waals surface area contributed by atoms with Crippen molar-refractivity contribution in [1.82, 2.24) is 4.90 Å². The lowest BCUT2D eigenvalue weighted by atomic mass is 10.00. The first kappa shape index (κ1) is 21.3. The van der Waals surface area contributed by atoms with E-state index in [9.17, 15) is 19.7 Å². The van der Waals surface area contributed by atoms with Crippen LogP contribution in [0.3, 0.4) is 0 Å². The van der Waals surface area contributed by atoms with Crippen LogP contribution in [0.15, 0.2) is 42.5 Å². The predicted octanol–water partition coefficient (Wildman–Crippen LogP) is 2.39. The number of benzene rings is 2. The molecule has 158 valence electrons. The van der Waals surface area contributed by atoms with Gasteiger partial charge in [-0.1, -0.05) is 24.3 Å². The third-order valence-electron chi connectivity index (χ3n) is 4.86. The van der Waals surface area contributed by atoms with Crippen LogP contribution in [0, 0.1) is 10.1 Å². The van der Waals surface area contributed by atoms with Crippen molar-refractivity contribution < 1.29 is 24.0 Å². The van der Waals surface area contributed by atoms with Gasteiger partial charge in [-0.15, -0.1) is 0 Å². The number of ether oxygens (including phenoxy) is 2. The van der Waals surface area contributed by atoms with E-state index in [4.69, 9.17) is 9.47 Å². The summed E-state index contributed by atoms with van der Waals surface area (Å²) in [6.07, 6.45) is 0.750. The summed E-state index contributed by atoms with van der Waals surface area (Å²) in [4.78, 5) is 37.1. The Morgan fingerprint density at radius 1 is 1.20 bits per heavy atom. The maximum atomic E-state index is 12.4. The average molecular weight is 413 g/mol. The van der Waals surface area contributed by atoms with Crippen LogP contribution >= 0.6 is 0 Å². The summed E-state index contributed by atoms with van der Waals surface area (Å²) >= 11 is 0. The smallest absolute Gasteiger partial charge is 0.338 e. The normalized spacial score (nSPS) is 12.8. The van der Waals surface area contributed by atoms with E-state index in [0.29, 0.717) is 26.2 Å². The number of nitrogens with zero attached hydrogens (tertiary/aromatic N) is 2. The lowest BCUT2D eigenvalue weighted by Crippen LogP contribution is -2.38. The minimum Gasteiger partial charge on any atom is -0.452 e. The number of carbonyl (C=O) groups is 2. The van der Waals surface area contributed by atoms with Crippen molar-refractivity contribution in [2.45, 2.75) is 13.0 Å². The summed E-state index contributed by atoms with van der Waals surface area (Å²) in [6, 6.07) is 11.9. The van der Waals surface area contributed by atoms with Crippen molar-refractivity contribution in [2.75, 3.05) is 38.7 Å². The highest BCUT2D eigenvalue weighted by Gasteiger charge is 2.23. The van der Waals surface area contributed by atoms with Gasteiger partial charge in [-0.2, -0.15) is 0 Å². The standard InChI is InChI=1S/C21H23N3O6/c1-29-11-9-22-18-7-6-16(12-19(18)24(27)28)21(26)30-14-20(25)23-10-8-15-4-2-3-5-17(15)13-23/h2-7,12,22H,8-11,13-14H2,1H3. The van der Waals surface area contributed by atoms with Crippen molar-refractivity contribution in [2.24, 2.45) is 0 Å². The molecule has 30 heavy (non-hydrogen) atoms. The largest absolute Gasteiger partial charge is 0.452 e. The first-order valence-corrected chi connectivity index (χ1v) is 9.52. The summed E-state index contributed by atoms with van der Waals surface area (Å²) < 4.78 is 10.0. The molecule has 0 atom stereocenters. The van der Waals surface area contributed by atoms with E-state index in [1.807, 2.05) is 24.3 Å². The first-order chi connectivity index (χ1) is 14.5. The lowest BCUT2D eigenvalue weighted by Gasteiger charge is -2.28. The molecule has 1 heterocycles. The fraction of sp³-hybridized carbons (Fsp3) is 0.333. The number of carbonyl (C=O) groups excluding carboxylic acids is 2. The van der Waals surface area contributed by atoms with Gasteiger partial charge < -0.3 is 19.7 Å². The maximum absolute atomic E-state index is 12.4. The van der Waals surface area contributed by atoms with E-state index in [1.54, 1.807) is 4.90 Å². The molecule has 1 aliphatic rings. The molecule has 0 saturated carbocycles. The van der Waals surface area contributed by atoms with Gasteiger partial charge in [0.2, 0.25) is 0 Å². The van der Waals surface area contributed by atoms with Crippen LogP contribution < -0.4 is 5.32 Å². The quantitative estimate of drug-likeness (QED) is 0.306. The third kappa shape index (κ3) is 5.12. The summed E-state index contributed by atoms with van der Waals surface area (Å²) in [6.45, 7) is 1.38. The number of nitro groups is 1. The number of methoxy groups -OCH3 is 1. The zero-order valence-electron chi connectivity index (χ0n) is 16.6. The molecular formula is C21H23N3O6. The van der Waals surface area contributed by atoms with Gasteiger partial charge in [0.1, 0.15) is 5.69 Å². The molecule has 2 aromatic rings. The van der Waals surface area contributed by atoms with E-state index < -0.39 is 17.5 Å². The molecule has 0 saturated heterocycles. The molecule has 1 amide bonds. The number of nitrogens with one attached hydrogen (secondary N) is 1. The van der Waals surface area contributed by atoms with E-state index in [1.165, 1.54) is 24.8 Å². The Morgan fingerprint density at radius 3 is 2.70 bits per heavy atom. The Morgan fingerprint density at radius 2 is 1.97 bits per heavy atom. The van der Waals surface area contributed by atoms with Crippen molar-refractivity contribution in [3.63, 3.8) is 0 Å². The molecule has 0 unspecified atom stereocenters. The van der Waals surface area contributed by atoms with Crippen molar-refractivity contribution in [3.8, 4) is 0 Å². The van der Waals surface area contributed by atoms with Gasteiger partial charge in [-0.05, 0) is 29.7 Å². The number of nitro benzene ring substituents is 1. The monoisotopic (exact) mass is 413 g/mol. The van der Waals surface area contributed by atoms with Gasteiger partial charge in [0, 0.05) is 32.8 Å².